The van der Waals surface area contributed by atoms with Crippen LogP contribution in [-0.2, 0) is 19.6 Å². The molecule has 3 amide bonds. The lowest BCUT2D eigenvalue weighted by Crippen LogP contribution is -2.47. The summed E-state index contributed by atoms with van der Waals surface area (Å²) >= 11 is 0. The molecule has 0 radical (unpaired) electrons. The van der Waals surface area contributed by atoms with E-state index in [2.05, 4.69) is 10.6 Å². The summed E-state index contributed by atoms with van der Waals surface area (Å²) in [6, 6.07) is 1.90. The first-order valence-corrected chi connectivity index (χ1v) is 10.2. The zero-order valence-electron chi connectivity index (χ0n) is 15.5. The Bertz CT molecular complexity index is 868. The van der Waals surface area contributed by atoms with Crippen LogP contribution in [0.2, 0.25) is 0 Å². The van der Waals surface area contributed by atoms with E-state index >= 15 is 0 Å². The van der Waals surface area contributed by atoms with E-state index in [0.29, 0.717) is 0 Å². The van der Waals surface area contributed by atoms with Crippen LogP contribution in [0, 0.1) is 5.82 Å². The average Bonchev–Trinajstić information content (AvgIpc) is 3.14. The van der Waals surface area contributed by atoms with Gasteiger partial charge in [-0.25, -0.2) is 27.1 Å². The second kappa shape index (κ2) is 9.11. The van der Waals surface area contributed by atoms with Crippen molar-refractivity contribution in [2.75, 3.05) is 7.05 Å². The minimum atomic E-state index is -3.90. The van der Waals surface area contributed by atoms with E-state index in [1.165, 1.54) is 14.0 Å². The number of hydrogen-bond acceptors (Lipinski definition) is 6. The first-order valence-electron chi connectivity index (χ1n) is 8.69. The Morgan fingerprint density at radius 1 is 1.21 bits per heavy atom. The van der Waals surface area contributed by atoms with Gasteiger partial charge in [-0.1, -0.05) is 12.8 Å². The molecule has 3 N–H and O–H groups in total. The van der Waals surface area contributed by atoms with Gasteiger partial charge in [0.15, 0.2) is 6.10 Å². The van der Waals surface area contributed by atoms with Gasteiger partial charge < -0.3 is 10.1 Å². The third kappa shape index (κ3) is 5.49. The van der Waals surface area contributed by atoms with Crippen LogP contribution in [0.4, 0.5) is 9.18 Å². The third-order valence-electron chi connectivity index (χ3n) is 4.32. The molecule has 0 bridgehead atoms. The lowest BCUT2D eigenvalue weighted by molar-refractivity contribution is -0.127. The summed E-state index contributed by atoms with van der Waals surface area (Å²) in [4.78, 5) is 35.6. The second-order valence-electron chi connectivity index (χ2n) is 6.34. The number of nitrogens with one attached hydrogen (secondary N) is 3. The van der Waals surface area contributed by atoms with Crippen molar-refractivity contribution in [3.8, 4) is 0 Å². The highest BCUT2D eigenvalue weighted by molar-refractivity contribution is 7.89. The van der Waals surface area contributed by atoms with Gasteiger partial charge >= 0.3 is 12.0 Å². The van der Waals surface area contributed by atoms with Crippen molar-refractivity contribution in [2.45, 2.75) is 49.6 Å². The van der Waals surface area contributed by atoms with Gasteiger partial charge in [-0.3, -0.25) is 10.1 Å². The Kier molecular flexibility index (Phi) is 7.08. The Hall–Kier alpha value is -2.53. The first kappa shape index (κ1) is 21.8. The van der Waals surface area contributed by atoms with Crippen LogP contribution in [-0.4, -0.2) is 45.5 Å². The van der Waals surface area contributed by atoms with Crippen LogP contribution in [0.5, 0.6) is 0 Å². The molecule has 1 aromatic rings. The quantitative estimate of drug-likeness (QED) is 0.595. The van der Waals surface area contributed by atoms with Gasteiger partial charge in [-0.05, 0) is 45.0 Å². The number of halogens is 1. The summed E-state index contributed by atoms with van der Waals surface area (Å²) in [5, 5.41) is 4.70. The molecule has 11 heteroatoms. The van der Waals surface area contributed by atoms with E-state index in [9.17, 15) is 27.2 Å². The van der Waals surface area contributed by atoms with Crippen LogP contribution in [0.25, 0.3) is 0 Å². The maximum Gasteiger partial charge on any atom is 0.341 e. The van der Waals surface area contributed by atoms with Crippen molar-refractivity contribution in [3.05, 3.63) is 29.6 Å². The SMILES string of the molecule is CNS(=O)(=O)c1ccc(F)c(C(=O)OC(C)C(=O)NC(=O)NC2CCCC2)c1. The van der Waals surface area contributed by atoms with Crippen molar-refractivity contribution in [3.63, 3.8) is 0 Å². The lowest BCUT2D eigenvalue weighted by Gasteiger charge is -2.16. The normalized spacial score (nSPS) is 15.7. The number of benzene rings is 1. The Labute approximate surface area is 162 Å². The Morgan fingerprint density at radius 2 is 1.86 bits per heavy atom. The molecular formula is C17H22FN3O6S. The number of hydrogen-bond donors (Lipinski definition) is 3. The van der Waals surface area contributed by atoms with Gasteiger partial charge in [0.1, 0.15) is 5.82 Å². The highest BCUT2D eigenvalue weighted by Crippen LogP contribution is 2.18. The van der Waals surface area contributed by atoms with Crippen LogP contribution in [0.3, 0.4) is 0 Å². The molecule has 1 fully saturated rings. The molecule has 0 saturated heterocycles. The van der Waals surface area contributed by atoms with Gasteiger partial charge in [0.05, 0.1) is 10.5 Å². The maximum absolute atomic E-state index is 13.9. The summed E-state index contributed by atoms with van der Waals surface area (Å²) in [7, 11) is -2.73. The van der Waals surface area contributed by atoms with Crippen LogP contribution in [0.1, 0.15) is 43.0 Å². The molecule has 154 valence electrons. The smallest absolute Gasteiger partial charge is 0.341 e. The van der Waals surface area contributed by atoms with Gasteiger partial charge in [-0.2, -0.15) is 0 Å². The topological polar surface area (TPSA) is 131 Å². The largest absolute Gasteiger partial charge is 0.449 e. The average molecular weight is 415 g/mol. The molecular weight excluding hydrogens is 393 g/mol. The first-order chi connectivity index (χ1) is 13.1. The molecule has 0 heterocycles. The molecule has 0 aromatic heterocycles. The van der Waals surface area contributed by atoms with Gasteiger partial charge in [0.25, 0.3) is 5.91 Å². The highest BCUT2D eigenvalue weighted by Gasteiger charge is 2.25. The van der Waals surface area contributed by atoms with Crippen molar-refractivity contribution < 1.29 is 31.9 Å². The number of imide groups is 1. The van der Waals surface area contributed by atoms with E-state index in [1.54, 1.807) is 0 Å². The minimum absolute atomic E-state index is 0.00313. The molecule has 0 spiro atoms. The van der Waals surface area contributed by atoms with E-state index in [1.807, 2.05) is 4.72 Å². The predicted octanol–water partition coefficient (Wildman–Crippen LogP) is 1.05. The fourth-order valence-corrected chi connectivity index (χ4v) is 3.48. The van der Waals surface area contributed by atoms with Crippen molar-refractivity contribution in [2.24, 2.45) is 0 Å². The number of urea groups is 1. The molecule has 1 atom stereocenters. The molecule has 1 saturated carbocycles. The minimum Gasteiger partial charge on any atom is -0.449 e. The van der Waals surface area contributed by atoms with E-state index < -0.39 is 45.4 Å². The van der Waals surface area contributed by atoms with Gasteiger partial charge in [0, 0.05) is 6.04 Å². The highest BCUT2D eigenvalue weighted by atomic mass is 32.2. The fraction of sp³-hybridized carbons (Fsp3) is 0.471. The number of rotatable bonds is 6. The maximum atomic E-state index is 13.9. The van der Waals surface area contributed by atoms with E-state index in [4.69, 9.17) is 4.74 Å². The molecule has 1 aromatic carbocycles. The number of esters is 1. The van der Waals surface area contributed by atoms with Crippen molar-refractivity contribution in [1.29, 1.82) is 0 Å². The van der Waals surface area contributed by atoms with Crippen LogP contribution >= 0.6 is 0 Å². The third-order valence-corrected chi connectivity index (χ3v) is 5.73. The molecule has 1 unspecified atom stereocenters. The van der Waals surface area contributed by atoms with E-state index in [-0.39, 0.29) is 10.9 Å². The van der Waals surface area contributed by atoms with Crippen LogP contribution < -0.4 is 15.4 Å². The molecule has 9 nitrogen and oxygen atoms in total. The number of ether oxygens (including phenoxy) is 1. The second-order valence-corrected chi connectivity index (χ2v) is 8.23. The monoisotopic (exact) mass is 415 g/mol. The molecule has 1 aliphatic rings. The number of amides is 3. The number of carbonyl (C=O) groups is 3. The summed E-state index contributed by atoms with van der Waals surface area (Å²) in [6.45, 7) is 1.21. The summed E-state index contributed by atoms with van der Waals surface area (Å²) in [5.74, 6) is -3.13. The standard InChI is InChI=1S/C17H22FN3O6S/c1-10(15(22)21-17(24)20-11-5-3-4-6-11)27-16(23)13-9-12(7-8-14(13)18)28(25,26)19-2/h7-11,19H,3-6H2,1-2H3,(H2,20,21,22,24). The van der Waals surface area contributed by atoms with E-state index in [0.717, 1.165) is 43.9 Å². The molecule has 28 heavy (non-hydrogen) atoms. The number of sulfonamides is 1. The molecule has 2 rings (SSSR count). The molecule has 0 aliphatic heterocycles. The zero-order valence-corrected chi connectivity index (χ0v) is 16.3. The predicted molar refractivity (Wildman–Crippen MR) is 96.5 cm³/mol. The summed E-state index contributed by atoms with van der Waals surface area (Å²) in [6.07, 6.45) is 2.27. The Morgan fingerprint density at radius 3 is 2.46 bits per heavy atom. The summed E-state index contributed by atoms with van der Waals surface area (Å²) in [5.41, 5.74) is -0.647. The van der Waals surface area contributed by atoms with Gasteiger partial charge in [-0.15, -0.1) is 0 Å². The van der Waals surface area contributed by atoms with Crippen molar-refractivity contribution >= 4 is 27.9 Å². The zero-order chi connectivity index (χ0) is 20.9. The fourth-order valence-electron chi connectivity index (χ4n) is 2.73. The molecule has 1 aliphatic carbocycles. The van der Waals surface area contributed by atoms with Crippen LogP contribution in [0.15, 0.2) is 23.1 Å². The van der Waals surface area contributed by atoms with Gasteiger partial charge in [0.2, 0.25) is 10.0 Å². The summed E-state index contributed by atoms with van der Waals surface area (Å²) < 4.78 is 44.4. The Balaban J connectivity index is 2.00. The number of carbonyl (C=O) groups excluding carboxylic acids is 3. The lowest BCUT2D eigenvalue weighted by atomic mass is 10.2. The van der Waals surface area contributed by atoms with Crippen molar-refractivity contribution in [1.82, 2.24) is 15.4 Å².